The zero-order valence-electron chi connectivity index (χ0n) is 7.88. The van der Waals surface area contributed by atoms with Crippen molar-refractivity contribution in [2.45, 2.75) is 37.7 Å². The van der Waals surface area contributed by atoms with Crippen LogP contribution in [0.15, 0.2) is 0 Å². The second-order valence-corrected chi connectivity index (χ2v) is 3.75. The predicted octanol–water partition coefficient (Wildman–Crippen LogP) is -0.244. The van der Waals surface area contributed by atoms with Gasteiger partial charge in [0.1, 0.15) is 0 Å². The van der Waals surface area contributed by atoms with Gasteiger partial charge < -0.3 is 16.2 Å². The summed E-state index contributed by atoms with van der Waals surface area (Å²) >= 11 is 0. The monoisotopic (exact) mass is 186 g/mol. The van der Waals surface area contributed by atoms with Crippen molar-refractivity contribution in [1.29, 1.82) is 0 Å². The summed E-state index contributed by atoms with van der Waals surface area (Å²) in [5, 5.41) is 12.6. The molecule has 0 heterocycles. The van der Waals surface area contributed by atoms with Crippen LogP contribution in [0.3, 0.4) is 0 Å². The first kappa shape index (κ1) is 10.5. The van der Waals surface area contributed by atoms with E-state index in [1.165, 1.54) is 0 Å². The normalized spacial score (nSPS) is 20.2. The number of amides is 1. The molecule has 0 radical (unpaired) electrons. The average Bonchev–Trinajstić information content (AvgIpc) is 2.51. The van der Waals surface area contributed by atoms with E-state index in [9.17, 15) is 9.90 Å². The topological polar surface area (TPSA) is 75.4 Å². The van der Waals surface area contributed by atoms with Gasteiger partial charge in [-0.3, -0.25) is 4.79 Å². The predicted molar refractivity (Wildman–Crippen MR) is 50.1 cm³/mol. The highest BCUT2D eigenvalue weighted by atomic mass is 16.3. The molecule has 1 saturated carbocycles. The molecule has 1 aliphatic rings. The lowest BCUT2D eigenvalue weighted by Gasteiger charge is -2.22. The lowest BCUT2D eigenvalue weighted by atomic mass is 10.0. The molecule has 4 heteroatoms. The maximum atomic E-state index is 11.0. The van der Waals surface area contributed by atoms with Crippen molar-refractivity contribution in [2.75, 3.05) is 13.1 Å². The van der Waals surface area contributed by atoms with Gasteiger partial charge in [0.25, 0.3) is 0 Å². The van der Waals surface area contributed by atoms with Crippen molar-refractivity contribution < 1.29 is 9.90 Å². The number of aliphatic hydroxyl groups is 1. The van der Waals surface area contributed by atoms with Crippen LogP contribution in [0.25, 0.3) is 0 Å². The number of hydrogen-bond acceptors (Lipinski definition) is 3. The van der Waals surface area contributed by atoms with Gasteiger partial charge in [-0.05, 0) is 12.8 Å². The van der Waals surface area contributed by atoms with E-state index in [4.69, 9.17) is 5.73 Å². The van der Waals surface area contributed by atoms with Gasteiger partial charge in [0, 0.05) is 19.5 Å². The van der Waals surface area contributed by atoms with E-state index in [1.807, 2.05) is 0 Å². The second kappa shape index (κ2) is 4.58. The SMILES string of the molecule is NCCC(=O)NCC1(O)CCCC1. The summed E-state index contributed by atoms with van der Waals surface area (Å²) in [6.07, 6.45) is 4.06. The summed E-state index contributed by atoms with van der Waals surface area (Å²) in [7, 11) is 0. The summed E-state index contributed by atoms with van der Waals surface area (Å²) in [5.41, 5.74) is 4.57. The molecule has 0 aliphatic heterocycles. The minimum absolute atomic E-state index is 0.0668. The van der Waals surface area contributed by atoms with Crippen LogP contribution in [-0.4, -0.2) is 29.7 Å². The van der Waals surface area contributed by atoms with Crippen LogP contribution in [0.5, 0.6) is 0 Å². The van der Waals surface area contributed by atoms with E-state index < -0.39 is 5.60 Å². The molecule has 1 fully saturated rings. The van der Waals surface area contributed by atoms with E-state index in [2.05, 4.69) is 5.32 Å². The lowest BCUT2D eigenvalue weighted by Crippen LogP contribution is -2.41. The molecule has 0 aromatic heterocycles. The molecule has 1 aliphatic carbocycles. The van der Waals surface area contributed by atoms with E-state index >= 15 is 0 Å². The fourth-order valence-electron chi connectivity index (χ4n) is 1.69. The van der Waals surface area contributed by atoms with Gasteiger partial charge >= 0.3 is 0 Å². The standard InChI is InChI=1S/C9H18N2O2/c10-6-3-8(12)11-7-9(13)4-1-2-5-9/h13H,1-7,10H2,(H,11,12). The zero-order valence-corrected chi connectivity index (χ0v) is 7.88. The molecule has 0 saturated heterocycles. The molecule has 4 N–H and O–H groups in total. The van der Waals surface area contributed by atoms with Crippen molar-refractivity contribution in [3.05, 3.63) is 0 Å². The molecular weight excluding hydrogens is 168 g/mol. The Morgan fingerprint density at radius 1 is 1.46 bits per heavy atom. The molecule has 4 nitrogen and oxygen atoms in total. The molecule has 0 atom stereocenters. The van der Waals surface area contributed by atoms with E-state index in [0.717, 1.165) is 25.7 Å². The summed E-state index contributed by atoms with van der Waals surface area (Å²) in [6.45, 7) is 0.746. The van der Waals surface area contributed by atoms with Crippen molar-refractivity contribution in [3.8, 4) is 0 Å². The smallest absolute Gasteiger partial charge is 0.221 e. The first-order chi connectivity index (χ1) is 6.16. The Morgan fingerprint density at radius 2 is 2.08 bits per heavy atom. The van der Waals surface area contributed by atoms with Crippen LogP contribution in [-0.2, 0) is 4.79 Å². The van der Waals surface area contributed by atoms with Crippen molar-refractivity contribution in [1.82, 2.24) is 5.32 Å². The van der Waals surface area contributed by atoms with Crippen LogP contribution < -0.4 is 11.1 Å². The van der Waals surface area contributed by atoms with Gasteiger partial charge in [-0.1, -0.05) is 12.8 Å². The maximum Gasteiger partial charge on any atom is 0.221 e. The Labute approximate surface area is 78.5 Å². The summed E-state index contributed by atoms with van der Waals surface area (Å²) in [4.78, 5) is 11.0. The third-order valence-electron chi connectivity index (χ3n) is 2.52. The fourth-order valence-corrected chi connectivity index (χ4v) is 1.69. The summed E-state index contributed by atoms with van der Waals surface area (Å²) in [6, 6.07) is 0. The largest absolute Gasteiger partial charge is 0.388 e. The van der Waals surface area contributed by atoms with Crippen LogP contribution in [0.4, 0.5) is 0 Å². The Hall–Kier alpha value is -0.610. The van der Waals surface area contributed by atoms with Gasteiger partial charge in [-0.25, -0.2) is 0 Å². The molecule has 1 rings (SSSR count). The van der Waals surface area contributed by atoms with E-state index in [0.29, 0.717) is 19.5 Å². The molecule has 0 bridgehead atoms. The fraction of sp³-hybridized carbons (Fsp3) is 0.889. The number of carbonyl (C=O) groups excluding carboxylic acids is 1. The van der Waals surface area contributed by atoms with Crippen molar-refractivity contribution >= 4 is 5.91 Å². The first-order valence-electron chi connectivity index (χ1n) is 4.85. The van der Waals surface area contributed by atoms with Gasteiger partial charge in [0.15, 0.2) is 0 Å². The summed E-state index contributed by atoms with van der Waals surface area (Å²) in [5.74, 6) is -0.0668. The Morgan fingerprint density at radius 3 is 2.62 bits per heavy atom. The van der Waals surface area contributed by atoms with E-state index in [1.54, 1.807) is 0 Å². The quantitative estimate of drug-likeness (QED) is 0.567. The molecule has 0 unspecified atom stereocenters. The van der Waals surface area contributed by atoms with Crippen LogP contribution in [0, 0.1) is 0 Å². The molecule has 1 amide bonds. The number of hydrogen-bond donors (Lipinski definition) is 3. The van der Waals surface area contributed by atoms with Gasteiger partial charge in [0.2, 0.25) is 5.91 Å². The number of nitrogens with one attached hydrogen (secondary N) is 1. The third-order valence-corrected chi connectivity index (χ3v) is 2.52. The minimum Gasteiger partial charge on any atom is -0.388 e. The van der Waals surface area contributed by atoms with Gasteiger partial charge in [0.05, 0.1) is 5.60 Å². The first-order valence-corrected chi connectivity index (χ1v) is 4.85. The highest BCUT2D eigenvalue weighted by Gasteiger charge is 2.30. The molecular formula is C9H18N2O2. The number of rotatable bonds is 4. The van der Waals surface area contributed by atoms with Crippen molar-refractivity contribution in [3.63, 3.8) is 0 Å². The van der Waals surface area contributed by atoms with Crippen LogP contribution >= 0.6 is 0 Å². The van der Waals surface area contributed by atoms with E-state index in [-0.39, 0.29) is 5.91 Å². The molecule has 13 heavy (non-hydrogen) atoms. The van der Waals surface area contributed by atoms with Crippen LogP contribution in [0.2, 0.25) is 0 Å². The minimum atomic E-state index is -0.649. The zero-order chi connectivity index (χ0) is 9.73. The molecule has 0 aromatic rings. The van der Waals surface area contributed by atoms with Gasteiger partial charge in [-0.15, -0.1) is 0 Å². The highest BCUT2D eigenvalue weighted by molar-refractivity contribution is 5.76. The average molecular weight is 186 g/mol. The lowest BCUT2D eigenvalue weighted by molar-refractivity contribution is -0.122. The van der Waals surface area contributed by atoms with Gasteiger partial charge in [-0.2, -0.15) is 0 Å². The molecule has 76 valence electrons. The summed E-state index contributed by atoms with van der Waals surface area (Å²) < 4.78 is 0. The Balaban J connectivity index is 2.21. The highest BCUT2D eigenvalue weighted by Crippen LogP contribution is 2.28. The number of nitrogens with two attached hydrogens (primary N) is 1. The maximum absolute atomic E-state index is 11.0. The Kier molecular flexibility index (Phi) is 3.69. The Bertz CT molecular complexity index is 176. The molecule has 0 spiro atoms. The third kappa shape index (κ3) is 3.32. The van der Waals surface area contributed by atoms with Crippen LogP contribution in [0.1, 0.15) is 32.1 Å². The number of carbonyl (C=O) groups is 1. The second-order valence-electron chi connectivity index (χ2n) is 3.75. The molecule has 0 aromatic carbocycles. The van der Waals surface area contributed by atoms with Crippen molar-refractivity contribution in [2.24, 2.45) is 5.73 Å².